The van der Waals surface area contributed by atoms with Crippen LogP contribution in [0.5, 0.6) is 0 Å². The highest BCUT2D eigenvalue weighted by Crippen LogP contribution is 2.25. The number of fused-ring (bicyclic) bond motifs is 1. The van der Waals surface area contributed by atoms with E-state index in [9.17, 15) is 13.2 Å². The summed E-state index contributed by atoms with van der Waals surface area (Å²) in [4.78, 5) is 11.9. The Balaban J connectivity index is 0.00000242. The molecule has 5 nitrogen and oxygen atoms in total. The molecule has 0 saturated heterocycles. The summed E-state index contributed by atoms with van der Waals surface area (Å²) >= 11 is 0. The van der Waals surface area contributed by atoms with E-state index in [2.05, 4.69) is 10.6 Å². The fraction of sp³-hybridized carbons (Fsp3) is 0.533. The molecule has 2 rings (SSSR count). The molecule has 0 unspecified atom stereocenters. The van der Waals surface area contributed by atoms with Crippen molar-refractivity contribution in [3.05, 3.63) is 29.3 Å². The standard InChI is InChI=1S/C15H22N2O3S.ClH/c1-16-8-9-17-15(18)7-10-21(19,20)14-6-5-12-3-2-4-13(12)11-14;/h5-6,11,16H,2-4,7-10H2,1H3,(H,17,18);1H. The summed E-state index contributed by atoms with van der Waals surface area (Å²) in [6.07, 6.45) is 3.07. The smallest absolute Gasteiger partial charge is 0.221 e. The van der Waals surface area contributed by atoms with E-state index in [4.69, 9.17) is 0 Å². The van der Waals surface area contributed by atoms with Gasteiger partial charge in [0.05, 0.1) is 10.6 Å². The topological polar surface area (TPSA) is 75.3 Å². The number of hydrogen-bond acceptors (Lipinski definition) is 4. The molecule has 0 heterocycles. The normalized spacial score (nSPS) is 13.3. The third-order valence-electron chi connectivity index (χ3n) is 3.72. The van der Waals surface area contributed by atoms with Crippen molar-refractivity contribution < 1.29 is 13.2 Å². The molecular weight excluding hydrogens is 324 g/mol. The summed E-state index contributed by atoms with van der Waals surface area (Å²) in [6, 6.07) is 5.34. The molecule has 7 heteroatoms. The van der Waals surface area contributed by atoms with E-state index in [1.54, 1.807) is 19.2 Å². The maximum Gasteiger partial charge on any atom is 0.221 e. The number of carbonyl (C=O) groups excluding carboxylic acids is 1. The SMILES string of the molecule is CNCCNC(=O)CCS(=O)(=O)c1ccc2c(c1)CCC2.Cl. The molecule has 0 atom stereocenters. The minimum Gasteiger partial charge on any atom is -0.355 e. The summed E-state index contributed by atoms with van der Waals surface area (Å²) in [7, 11) is -1.59. The molecule has 1 aromatic rings. The van der Waals surface area contributed by atoms with Crippen LogP contribution in [0.3, 0.4) is 0 Å². The zero-order chi connectivity index (χ0) is 15.3. The van der Waals surface area contributed by atoms with Crippen molar-refractivity contribution in [2.75, 3.05) is 25.9 Å². The van der Waals surface area contributed by atoms with Crippen molar-refractivity contribution in [3.63, 3.8) is 0 Å². The third-order valence-corrected chi connectivity index (χ3v) is 5.44. The molecule has 0 bridgehead atoms. The monoisotopic (exact) mass is 346 g/mol. The van der Waals surface area contributed by atoms with Gasteiger partial charge in [-0.15, -0.1) is 12.4 Å². The van der Waals surface area contributed by atoms with Gasteiger partial charge in [0, 0.05) is 19.5 Å². The number of likely N-dealkylation sites (N-methyl/N-ethyl adjacent to an activating group) is 1. The molecular formula is C15H23ClN2O3S. The molecule has 0 radical (unpaired) electrons. The number of halogens is 1. The third kappa shape index (κ3) is 4.97. The molecule has 124 valence electrons. The lowest BCUT2D eigenvalue weighted by atomic mass is 10.1. The maximum absolute atomic E-state index is 12.3. The second kappa shape index (κ2) is 8.50. The number of rotatable bonds is 7. The van der Waals surface area contributed by atoms with E-state index >= 15 is 0 Å². The number of carbonyl (C=O) groups is 1. The Kier molecular flexibility index (Phi) is 7.32. The van der Waals surface area contributed by atoms with Gasteiger partial charge in [-0.05, 0) is 49.6 Å². The van der Waals surface area contributed by atoms with Gasteiger partial charge in [-0.1, -0.05) is 6.07 Å². The first-order chi connectivity index (χ1) is 10.0. The van der Waals surface area contributed by atoms with Crippen LogP contribution in [0.4, 0.5) is 0 Å². The number of benzene rings is 1. The van der Waals surface area contributed by atoms with Crippen LogP contribution in [-0.4, -0.2) is 40.2 Å². The molecule has 22 heavy (non-hydrogen) atoms. The predicted octanol–water partition coefficient (Wildman–Crippen LogP) is 1.10. The number of sulfone groups is 1. The Morgan fingerprint density at radius 2 is 1.91 bits per heavy atom. The van der Waals surface area contributed by atoms with E-state index in [0.717, 1.165) is 24.8 Å². The van der Waals surface area contributed by atoms with Gasteiger partial charge in [0.15, 0.2) is 9.84 Å². The fourth-order valence-corrected chi connectivity index (χ4v) is 3.79. The number of aryl methyl sites for hydroxylation is 2. The summed E-state index contributed by atoms with van der Waals surface area (Å²) in [5.41, 5.74) is 2.38. The first-order valence-corrected chi connectivity index (χ1v) is 8.94. The van der Waals surface area contributed by atoms with E-state index in [0.29, 0.717) is 18.0 Å². The Hall–Kier alpha value is -1.11. The van der Waals surface area contributed by atoms with Crippen molar-refractivity contribution >= 4 is 28.2 Å². The molecule has 0 aromatic heterocycles. The Morgan fingerprint density at radius 3 is 2.64 bits per heavy atom. The number of amides is 1. The number of hydrogen-bond donors (Lipinski definition) is 2. The van der Waals surface area contributed by atoms with Gasteiger partial charge in [0.2, 0.25) is 5.91 Å². The maximum atomic E-state index is 12.3. The van der Waals surface area contributed by atoms with Crippen LogP contribution in [0.1, 0.15) is 24.0 Å². The summed E-state index contributed by atoms with van der Waals surface area (Å²) in [5, 5.41) is 5.60. The van der Waals surface area contributed by atoms with Crippen LogP contribution < -0.4 is 10.6 Å². The molecule has 0 saturated carbocycles. The molecule has 0 fully saturated rings. The van der Waals surface area contributed by atoms with Crippen molar-refractivity contribution in [2.24, 2.45) is 0 Å². The summed E-state index contributed by atoms with van der Waals surface area (Å²) in [6.45, 7) is 1.18. The minimum absolute atomic E-state index is 0. The van der Waals surface area contributed by atoms with E-state index < -0.39 is 9.84 Å². The van der Waals surface area contributed by atoms with E-state index in [1.807, 2.05) is 6.07 Å². The van der Waals surface area contributed by atoms with Gasteiger partial charge in [-0.2, -0.15) is 0 Å². The van der Waals surface area contributed by atoms with Gasteiger partial charge in [-0.3, -0.25) is 4.79 Å². The lowest BCUT2D eigenvalue weighted by molar-refractivity contribution is -0.120. The summed E-state index contributed by atoms with van der Waals surface area (Å²) in [5.74, 6) is -0.369. The van der Waals surface area contributed by atoms with Gasteiger partial charge >= 0.3 is 0 Å². The Bertz CT molecular complexity index is 617. The molecule has 0 aliphatic heterocycles. The number of nitrogens with one attached hydrogen (secondary N) is 2. The minimum atomic E-state index is -3.38. The highest BCUT2D eigenvalue weighted by atomic mass is 35.5. The first-order valence-electron chi connectivity index (χ1n) is 7.29. The molecule has 0 spiro atoms. The molecule has 1 aliphatic rings. The van der Waals surface area contributed by atoms with Gasteiger partial charge in [-0.25, -0.2) is 8.42 Å². The highest BCUT2D eigenvalue weighted by Gasteiger charge is 2.19. The van der Waals surface area contributed by atoms with Crippen LogP contribution in [0, 0.1) is 0 Å². The molecule has 1 aliphatic carbocycles. The average Bonchev–Trinajstić information content (AvgIpc) is 2.93. The fourth-order valence-electron chi connectivity index (χ4n) is 2.50. The first kappa shape index (κ1) is 18.9. The second-order valence-corrected chi connectivity index (χ2v) is 7.42. The molecule has 1 aromatic carbocycles. The average molecular weight is 347 g/mol. The second-order valence-electron chi connectivity index (χ2n) is 5.31. The molecule has 2 N–H and O–H groups in total. The lowest BCUT2D eigenvalue weighted by Gasteiger charge is -2.08. The van der Waals surface area contributed by atoms with Crippen LogP contribution >= 0.6 is 12.4 Å². The Morgan fingerprint density at radius 1 is 1.18 bits per heavy atom. The van der Waals surface area contributed by atoms with Crippen LogP contribution in [-0.2, 0) is 27.5 Å². The van der Waals surface area contributed by atoms with Crippen molar-refractivity contribution in [1.82, 2.24) is 10.6 Å². The summed E-state index contributed by atoms with van der Waals surface area (Å²) < 4.78 is 24.5. The van der Waals surface area contributed by atoms with E-state index in [-0.39, 0.29) is 30.5 Å². The molecule has 1 amide bonds. The lowest BCUT2D eigenvalue weighted by Crippen LogP contribution is -2.31. The predicted molar refractivity (Wildman–Crippen MR) is 89.3 cm³/mol. The van der Waals surface area contributed by atoms with Crippen molar-refractivity contribution in [2.45, 2.75) is 30.6 Å². The van der Waals surface area contributed by atoms with Gasteiger partial charge in [0.25, 0.3) is 0 Å². The van der Waals surface area contributed by atoms with Crippen LogP contribution in [0.2, 0.25) is 0 Å². The highest BCUT2D eigenvalue weighted by molar-refractivity contribution is 7.91. The quantitative estimate of drug-likeness (QED) is 0.725. The zero-order valence-corrected chi connectivity index (χ0v) is 14.4. The van der Waals surface area contributed by atoms with E-state index in [1.165, 1.54) is 5.56 Å². The van der Waals surface area contributed by atoms with Crippen LogP contribution in [0.15, 0.2) is 23.1 Å². The zero-order valence-electron chi connectivity index (χ0n) is 12.7. The van der Waals surface area contributed by atoms with Crippen molar-refractivity contribution in [3.8, 4) is 0 Å². The van der Waals surface area contributed by atoms with Crippen molar-refractivity contribution in [1.29, 1.82) is 0 Å². The van der Waals surface area contributed by atoms with Gasteiger partial charge in [0.1, 0.15) is 0 Å². The Labute approximate surface area is 138 Å². The largest absolute Gasteiger partial charge is 0.355 e. The van der Waals surface area contributed by atoms with Crippen LogP contribution in [0.25, 0.3) is 0 Å². The van der Waals surface area contributed by atoms with Gasteiger partial charge < -0.3 is 10.6 Å².